The number of hydrogen-bond donors (Lipinski definition) is 2. The van der Waals surface area contributed by atoms with Gasteiger partial charge in [0.25, 0.3) is 0 Å². The summed E-state index contributed by atoms with van der Waals surface area (Å²) in [7, 11) is 0. The van der Waals surface area contributed by atoms with Crippen molar-refractivity contribution in [1.29, 1.82) is 0 Å². The number of hydrogen-bond acceptors (Lipinski definition) is 3. The first kappa shape index (κ1) is 14.2. The van der Waals surface area contributed by atoms with Crippen molar-refractivity contribution in [1.82, 2.24) is 5.32 Å². The van der Waals surface area contributed by atoms with Crippen LogP contribution in [0, 0.1) is 0 Å². The summed E-state index contributed by atoms with van der Waals surface area (Å²) in [6.07, 6.45) is 1.69. The Kier molecular flexibility index (Phi) is 5.15. The molecular weight excluding hydrogens is 232 g/mol. The molecule has 0 radical (unpaired) electrons. The molecule has 0 aliphatic heterocycles. The molecule has 1 amide bonds. The second-order valence-electron chi connectivity index (χ2n) is 5.24. The average Bonchev–Trinajstić information content (AvgIpc) is 2.68. The highest BCUT2D eigenvalue weighted by Gasteiger charge is 2.24. The summed E-state index contributed by atoms with van der Waals surface area (Å²) >= 11 is 1.63. The summed E-state index contributed by atoms with van der Waals surface area (Å²) in [5.41, 5.74) is 5.34. The Balaban J connectivity index is 2.73. The van der Waals surface area contributed by atoms with Gasteiger partial charge in [-0.3, -0.25) is 4.79 Å². The van der Waals surface area contributed by atoms with Gasteiger partial charge < -0.3 is 11.1 Å². The lowest BCUT2D eigenvalue weighted by atomic mass is 9.98. The first-order chi connectivity index (χ1) is 7.94. The van der Waals surface area contributed by atoms with Crippen molar-refractivity contribution < 1.29 is 4.79 Å². The number of thiophene rings is 1. The lowest BCUT2D eigenvalue weighted by molar-refractivity contribution is -0.124. The molecule has 0 saturated heterocycles. The molecule has 1 unspecified atom stereocenters. The van der Waals surface area contributed by atoms with Crippen molar-refractivity contribution in [3.8, 4) is 0 Å². The van der Waals surface area contributed by atoms with Crippen molar-refractivity contribution in [3.63, 3.8) is 0 Å². The van der Waals surface area contributed by atoms with Gasteiger partial charge in [-0.1, -0.05) is 6.07 Å². The van der Waals surface area contributed by atoms with Crippen LogP contribution in [0.15, 0.2) is 17.5 Å². The van der Waals surface area contributed by atoms with E-state index in [1.165, 1.54) is 0 Å². The zero-order chi connectivity index (χ0) is 12.9. The van der Waals surface area contributed by atoms with Gasteiger partial charge in [0.2, 0.25) is 5.91 Å². The van der Waals surface area contributed by atoms with Crippen LogP contribution in [0.4, 0.5) is 0 Å². The molecule has 1 rings (SSSR count). The maximum Gasteiger partial charge on any atom is 0.228 e. The van der Waals surface area contributed by atoms with Crippen LogP contribution >= 0.6 is 11.3 Å². The molecule has 0 spiro atoms. The largest absolute Gasteiger partial charge is 0.351 e. The van der Waals surface area contributed by atoms with Crippen LogP contribution in [-0.4, -0.2) is 18.0 Å². The Labute approximate surface area is 107 Å². The molecule has 0 aliphatic rings. The van der Waals surface area contributed by atoms with Gasteiger partial charge in [-0.05, 0) is 51.6 Å². The number of amides is 1. The second-order valence-corrected chi connectivity index (χ2v) is 6.22. The van der Waals surface area contributed by atoms with E-state index in [1.54, 1.807) is 11.3 Å². The highest BCUT2D eigenvalue weighted by Crippen LogP contribution is 2.26. The quantitative estimate of drug-likeness (QED) is 0.848. The monoisotopic (exact) mass is 254 g/mol. The zero-order valence-electron chi connectivity index (χ0n) is 10.8. The van der Waals surface area contributed by atoms with Crippen molar-refractivity contribution in [3.05, 3.63) is 22.4 Å². The highest BCUT2D eigenvalue weighted by molar-refractivity contribution is 7.10. The van der Waals surface area contributed by atoms with Crippen LogP contribution in [-0.2, 0) is 4.79 Å². The van der Waals surface area contributed by atoms with Crippen LogP contribution in [0.5, 0.6) is 0 Å². The second kappa shape index (κ2) is 6.17. The molecule has 1 atom stereocenters. The Morgan fingerprint density at radius 2 is 2.24 bits per heavy atom. The lowest BCUT2D eigenvalue weighted by Gasteiger charge is -2.24. The first-order valence-electron chi connectivity index (χ1n) is 5.99. The van der Waals surface area contributed by atoms with E-state index < -0.39 is 0 Å². The molecule has 0 bridgehead atoms. The fourth-order valence-corrected chi connectivity index (χ4v) is 2.53. The van der Waals surface area contributed by atoms with E-state index in [9.17, 15) is 4.79 Å². The minimum Gasteiger partial charge on any atom is -0.351 e. The van der Waals surface area contributed by atoms with E-state index in [1.807, 2.05) is 38.3 Å². The van der Waals surface area contributed by atoms with Crippen molar-refractivity contribution in [2.24, 2.45) is 5.73 Å². The van der Waals surface area contributed by atoms with Gasteiger partial charge in [-0.15, -0.1) is 11.3 Å². The molecule has 0 saturated carbocycles. The third-order valence-corrected chi connectivity index (χ3v) is 3.38. The van der Waals surface area contributed by atoms with Crippen molar-refractivity contribution in [2.45, 2.75) is 45.1 Å². The van der Waals surface area contributed by atoms with Gasteiger partial charge in [0.05, 0.1) is 5.92 Å². The average molecular weight is 254 g/mol. The van der Waals surface area contributed by atoms with E-state index in [2.05, 4.69) is 5.32 Å². The van der Waals surface area contributed by atoms with Crippen molar-refractivity contribution >= 4 is 17.2 Å². The topological polar surface area (TPSA) is 55.1 Å². The third-order valence-electron chi connectivity index (χ3n) is 2.40. The molecule has 0 aliphatic carbocycles. The van der Waals surface area contributed by atoms with E-state index in [0.717, 1.165) is 17.7 Å². The Morgan fingerprint density at radius 3 is 2.71 bits per heavy atom. The smallest absolute Gasteiger partial charge is 0.228 e. The van der Waals surface area contributed by atoms with Crippen LogP contribution < -0.4 is 11.1 Å². The minimum atomic E-state index is -0.185. The molecule has 1 heterocycles. The van der Waals surface area contributed by atoms with Gasteiger partial charge in [-0.2, -0.15) is 0 Å². The number of rotatable bonds is 5. The van der Waals surface area contributed by atoms with Gasteiger partial charge in [0.15, 0.2) is 0 Å². The predicted octanol–water partition coefficient (Wildman–Crippen LogP) is 2.49. The third kappa shape index (κ3) is 4.88. The van der Waals surface area contributed by atoms with E-state index >= 15 is 0 Å². The summed E-state index contributed by atoms with van der Waals surface area (Å²) in [5, 5.41) is 5.05. The van der Waals surface area contributed by atoms with E-state index in [-0.39, 0.29) is 17.4 Å². The molecule has 0 fully saturated rings. The molecule has 96 valence electrons. The summed E-state index contributed by atoms with van der Waals surface area (Å²) in [6, 6.07) is 4.01. The Hall–Kier alpha value is -0.870. The summed E-state index contributed by atoms with van der Waals surface area (Å²) < 4.78 is 0. The van der Waals surface area contributed by atoms with Crippen LogP contribution in [0.3, 0.4) is 0 Å². The molecular formula is C13H22N2OS. The van der Waals surface area contributed by atoms with Gasteiger partial charge in [-0.25, -0.2) is 0 Å². The number of carbonyl (C=O) groups is 1. The SMILES string of the molecule is CC(C)(C)NC(=O)C(CCCN)c1cccs1. The van der Waals surface area contributed by atoms with Gasteiger partial charge in [0.1, 0.15) is 0 Å². The molecule has 3 N–H and O–H groups in total. The highest BCUT2D eigenvalue weighted by atomic mass is 32.1. The van der Waals surface area contributed by atoms with E-state index in [4.69, 9.17) is 5.73 Å². The van der Waals surface area contributed by atoms with Crippen LogP contribution in [0.25, 0.3) is 0 Å². The molecule has 4 heteroatoms. The fraction of sp³-hybridized carbons (Fsp3) is 0.615. The molecule has 1 aromatic heterocycles. The molecule has 1 aromatic rings. The normalized spacial score (nSPS) is 13.4. The summed E-state index contributed by atoms with van der Waals surface area (Å²) in [4.78, 5) is 13.3. The molecule has 3 nitrogen and oxygen atoms in total. The van der Waals surface area contributed by atoms with Crippen LogP contribution in [0.2, 0.25) is 0 Å². The number of nitrogens with two attached hydrogens (primary N) is 1. The Morgan fingerprint density at radius 1 is 1.53 bits per heavy atom. The standard InChI is InChI=1S/C13H22N2OS/c1-13(2,3)15-12(16)10(6-4-8-14)11-7-5-9-17-11/h5,7,9-10H,4,6,8,14H2,1-3H3,(H,15,16). The maximum absolute atomic E-state index is 12.2. The first-order valence-corrected chi connectivity index (χ1v) is 6.87. The maximum atomic E-state index is 12.2. The Bertz CT molecular complexity index is 341. The summed E-state index contributed by atoms with van der Waals surface area (Å²) in [6.45, 7) is 6.63. The van der Waals surface area contributed by atoms with Gasteiger partial charge >= 0.3 is 0 Å². The van der Waals surface area contributed by atoms with Gasteiger partial charge in [0, 0.05) is 10.4 Å². The summed E-state index contributed by atoms with van der Waals surface area (Å²) in [5.74, 6) is 0.0474. The van der Waals surface area contributed by atoms with E-state index in [0.29, 0.717) is 6.54 Å². The van der Waals surface area contributed by atoms with Crippen molar-refractivity contribution in [2.75, 3.05) is 6.54 Å². The fourth-order valence-electron chi connectivity index (χ4n) is 1.67. The number of nitrogens with one attached hydrogen (secondary N) is 1. The minimum absolute atomic E-state index is 0.0576. The van der Waals surface area contributed by atoms with Crippen LogP contribution in [0.1, 0.15) is 44.4 Å². The molecule has 0 aromatic carbocycles. The number of carbonyl (C=O) groups excluding carboxylic acids is 1. The predicted molar refractivity (Wildman–Crippen MR) is 73.2 cm³/mol. The zero-order valence-corrected chi connectivity index (χ0v) is 11.6. The molecule has 17 heavy (non-hydrogen) atoms. The lowest BCUT2D eigenvalue weighted by Crippen LogP contribution is -2.43.